The van der Waals surface area contributed by atoms with Crippen molar-refractivity contribution >= 4 is 49.5 Å². The first-order valence-electron chi connectivity index (χ1n) is 7.93. The lowest BCUT2D eigenvalue weighted by Gasteiger charge is -2.09. The first kappa shape index (κ1) is 17.3. The first-order valence-corrected chi connectivity index (χ1v) is 10.3. The number of para-hydroxylation sites is 1. The summed E-state index contributed by atoms with van der Waals surface area (Å²) >= 11 is 1.14. The summed E-state index contributed by atoms with van der Waals surface area (Å²) in [6, 6.07) is 14.9. The van der Waals surface area contributed by atoms with Crippen LogP contribution in [0, 0.1) is 0 Å². The third kappa shape index (κ3) is 3.55. The molecule has 0 radical (unpaired) electrons. The van der Waals surface area contributed by atoms with Crippen molar-refractivity contribution in [3.8, 4) is 0 Å². The molecule has 0 saturated heterocycles. The molecule has 136 valence electrons. The highest BCUT2D eigenvalue weighted by molar-refractivity contribution is 7.94. The van der Waals surface area contributed by atoms with E-state index in [1.807, 2.05) is 12.1 Å². The quantitative estimate of drug-likeness (QED) is 0.477. The highest BCUT2D eigenvalue weighted by Crippen LogP contribution is 2.23. The molecule has 2 aromatic carbocycles. The summed E-state index contributed by atoms with van der Waals surface area (Å²) in [6.45, 7) is 0. The maximum absolute atomic E-state index is 12.5. The van der Waals surface area contributed by atoms with Crippen molar-refractivity contribution in [2.45, 2.75) is 4.21 Å². The largest absolute Gasteiger partial charge is 0.320 e. The summed E-state index contributed by atoms with van der Waals surface area (Å²) in [5.74, 6) is -0.301. The molecule has 0 bridgehead atoms. The van der Waals surface area contributed by atoms with Gasteiger partial charge in [0.2, 0.25) is 0 Å². The van der Waals surface area contributed by atoms with Gasteiger partial charge in [0.15, 0.2) is 0 Å². The Morgan fingerprint density at radius 2 is 1.85 bits per heavy atom. The standard InChI is InChI=1S/C18H14N4O3S2/c23-18(20-15-4-1-3-13-11-19-21-17(13)15)12-6-8-14(9-7-12)22-27(24,25)16-5-2-10-26-16/h1-11,22H,(H,19,21)(H,20,23). The predicted octanol–water partition coefficient (Wildman–Crippen LogP) is 3.68. The summed E-state index contributed by atoms with van der Waals surface area (Å²) < 4.78 is 27.2. The Bertz CT molecular complexity index is 1200. The summed E-state index contributed by atoms with van der Waals surface area (Å²) in [6.07, 6.45) is 1.68. The van der Waals surface area contributed by atoms with Gasteiger partial charge in [-0.2, -0.15) is 5.10 Å². The molecule has 1 amide bonds. The van der Waals surface area contributed by atoms with Crippen LogP contribution in [0.3, 0.4) is 0 Å². The number of hydrogen-bond acceptors (Lipinski definition) is 5. The maximum Gasteiger partial charge on any atom is 0.271 e. The summed E-state index contributed by atoms with van der Waals surface area (Å²) in [4.78, 5) is 12.5. The molecule has 27 heavy (non-hydrogen) atoms. The zero-order valence-corrected chi connectivity index (χ0v) is 15.5. The van der Waals surface area contributed by atoms with Gasteiger partial charge in [0.05, 0.1) is 17.4 Å². The third-order valence-electron chi connectivity index (χ3n) is 3.88. The Hall–Kier alpha value is -3.17. The van der Waals surface area contributed by atoms with Gasteiger partial charge < -0.3 is 5.32 Å². The highest BCUT2D eigenvalue weighted by Gasteiger charge is 2.15. The number of carbonyl (C=O) groups is 1. The van der Waals surface area contributed by atoms with Crippen LogP contribution in [0.5, 0.6) is 0 Å². The molecular formula is C18H14N4O3S2. The van der Waals surface area contributed by atoms with E-state index in [4.69, 9.17) is 0 Å². The average Bonchev–Trinajstić information content (AvgIpc) is 3.34. The number of rotatable bonds is 5. The van der Waals surface area contributed by atoms with Crippen molar-refractivity contribution in [2.75, 3.05) is 10.0 Å². The molecule has 7 nitrogen and oxygen atoms in total. The van der Waals surface area contributed by atoms with Crippen LogP contribution in [-0.4, -0.2) is 24.5 Å². The molecule has 0 aliphatic rings. The molecule has 0 fully saturated rings. The van der Waals surface area contributed by atoms with Crippen molar-refractivity contribution in [3.63, 3.8) is 0 Å². The van der Waals surface area contributed by atoms with Crippen LogP contribution in [0.4, 0.5) is 11.4 Å². The fourth-order valence-corrected chi connectivity index (χ4v) is 4.63. The van der Waals surface area contributed by atoms with Crippen LogP contribution >= 0.6 is 11.3 Å². The van der Waals surface area contributed by atoms with Crippen molar-refractivity contribution in [3.05, 3.63) is 71.7 Å². The number of aromatic amines is 1. The lowest BCUT2D eigenvalue weighted by Crippen LogP contribution is -2.13. The van der Waals surface area contributed by atoms with Crippen molar-refractivity contribution in [2.24, 2.45) is 0 Å². The number of H-pyrrole nitrogens is 1. The Morgan fingerprint density at radius 3 is 2.59 bits per heavy atom. The maximum atomic E-state index is 12.5. The number of carbonyl (C=O) groups excluding carboxylic acids is 1. The minimum atomic E-state index is -3.61. The van der Waals surface area contributed by atoms with Gasteiger partial charge in [-0.1, -0.05) is 18.2 Å². The number of aromatic nitrogens is 2. The number of nitrogens with one attached hydrogen (secondary N) is 3. The Labute approximate surface area is 159 Å². The van der Waals surface area contributed by atoms with E-state index < -0.39 is 10.0 Å². The highest BCUT2D eigenvalue weighted by atomic mass is 32.2. The third-order valence-corrected chi connectivity index (χ3v) is 6.66. The van der Waals surface area contributed by atoms with Crippen LogP contribution in [0.15, 0.2) is 70.4 Å². The van der Waals surface area contributed by atoms with E-state index in [0.29, 0.717) is 16.9 Å². The van der Waals surface area contributed by atoms with Crippen LogP contribution in [0.2, 0.25) is 0 Å². The number of thiophene rings is 1. The van der Waals surface area contributed by atoms with Crippen LogP contribution in [0.25, 0.3) is 10.9 Å². The van der Waals surface area contributed by atoms with Crippen LogP contribution in [-0.2, 0) is 10.0 Å². The van der Waals surface area contributed by atoms with Gasteiger partial charge >= 0.3 is 0 Å². The van der Waals surface area contributed by atoms with E-state index >= 15 is 0 Å². The first-order chi connectivity index (χ1) is 13.0. The molecule has 0 spiro atoms. The minimum absolute atomic E-state index is 0.233. The monoisotopic (exact) mass is 398 g/mol. The lowest BCUT2D eigenvalue weighted by molar-refractivity contribution is 0.102. The summed E-state index contributed by atoms with van der Waals surface area (Å²) in [5, 5.41) is 12.2. The van der Waals surface area contributed by atoms with E-state index in [2.05, 4.69) is 20.2 Å². The number of sulfonamides is 1. The SMILES string of the molecule is O=C(Nc1cccc2cn[nH]c12)c1ccc(NS(=O)(=O)c2cccs2)cc1. The molecular weight excluding hydrogens is 384 g/mol. The van der Waals surface area contributed by atoms with Gasteiger partial charge in [0.25, 0.3) is 15.9 Å². The molecule has 0 atom stereocenters. The Kier molecular flexibility index (Phi) is 4.38. The van der Waals surface area contributed by atoms with E-state index in [0.717, 1.165) is 22.2 Å². The van der Waals surface area contributed by atoms with Gasteiger partial charge in [-0.05, 0) is 41.8 Å². The topological polar surface area (TPSA) is 104 Å². The van der Waals surface area contributed by atoms with Gasteiger partial charge in [0.1, 0.15) is 4.21 Å². The number of nitrogens with zero attached hydrogens (tertiary/aromatic N) is 1. The average molecular weight is 398 g/mol. The number of fused-ring (bicyclic) bond motifs is 1. The Morgan fingerprint density at radius 1 is 1.04 bits per heavy atom. The van der Waals surface area contributed by atoms with Gasteiger partial charge in [-0.15, -0.1) is 11.3 Å². The van der Waals surface area contributed by atoms with Crippen LogP contribution < -0.4 is 10.0 Å². The molecule has 3 N–H and O–H groups in total. The van der Waals surface area contributed by atoms with Gasteiger partial charge in [-0.25, -0.2) is 8.42 Å². The Balaban J connectivity index is 1.50. The fourth-order valence-electron chi connectivity index (χ4n) is 2.58. The lowest BCUT2D eigenvalue weighted by atomic mass is 10.2. The summed E-state index contributed by atoms with van der Waals surface area (Å²) in [7, 11) is -3.61. The predicted molar refractivity (Wildman–Crippen MR) is 106 cm³/mol. The second-order valence-electron chi connectivity index (χ2n) is 5.71. The number of anilines is 2. The second kappa shape index (κ2) is 6.86. The van der Waals surface area contributed by atoms with Gasteiger partial charge in [0, 0.05) is 16.6 Å². The molecule has 2 heterocycles. The van der Waals surface area contributed by atoms with Crippen molar-refractivity contribution in [1.82, 2.24) is 10.2 Å². The van der Waals surface area contributed by atoms with Crippen molar-refractivity contribution < 1.29 is 13.2 Å². The van der Waals surface area contributed by atoms with Crippen LogP contribution in [0.1, 0.15) is 10.4 Å². The fraction of sp³-hybridized carbons (Fsp3) is 0. The number of hydrogen-bond donors (Lipinski definition) is 3. The molecule has 0 saturated carbocycles. The van der Waals surface area contributed by atoms with E-state index in [1.54, 1.807) is 48.0 Å². The molecule has 0 aliphatic heterocycles. The number of benzene rings is 2. The normalized spacial score (nSPS) is 11.4. The molecule has 2 aromatic heterocycles. The molecule has 4 rings (SSSR count). The van der Waals surface area contributed by atoms with E-state index in [1.165, 1.54) is 6.07 Å². The van der Waals surface area contributed by atoms with Crippen molar-refractivity contribution in [1.29, 1.82) is 0 Å². The number of amides is 1. The summed E-state index contributed by atoms with van der Waals surface area (Å²) in [5.41, 5.74) is 2.16. The smallest absolute Gasteiger partial charge is 0.271 e. The van der Waals surface area contributed by atoms with Gasteiger partial charge in [-0.3, -0.25) is 14.6 Å². The van der Waals surface area contributed by atoms with E-state index in [9.17, 15) is 13.2 Å². The molecule has 0 unspecified atom stereocenters. The van der Waals surface area contributed by atoms with E-state index in [-0.39, 0.29) is 10.1 Å². The molecule has 0 aliphatic carbocycles. The zero-order valence-electron chi connectivity index (χ0n) is 13.8. The second-order valence-corrected chi connectivity index (χ2v) is 8.57. The molecule has 4 aromatic rings. The molecule has 9 heteroatoms. The minimum Gasteiger partial charge on any atom is -0.320 e. The zero-order chi connectivity index (χ0) is 18.9.